The van der Waals surface area contributed by atoms with Gasteiger partial charge in [0.25, 0.3) is 0 Å². The summed E-state index contributed by atoms with van der Waals surface area (Å²) >= 11 is 7.24. The summed E-state index contributed by atoms with van der Waals surface area (Å²) in [4.78, 5) is 4.51. The average molecular weight is 353 g/mol. The molecule has 1 N–H and O–H groups in total. The minimum atomic E-state index is 0.244. The first-order chi connectivity index (χ1) is 11.7. The van der Waals surface area contributed by atoms with Gasteiger partial charge in [0.2, 0.25) is 0 Å². The highest BCUT2D eigenvalue weighted by Crippen LogP contribution is 2.23. The number of rotatable bonds is 4. The maximum Gasteiger partial charge on any atom is 0.196 e. The van der Waals surface area contributed by atoms with Crippen molar-refractivity contribution in [1.29, 1.82) is 5.26 Å². The van der Waals surface area contributed by atoms with Crippen LogP contribution in [0.15, 0.2) is 59.0 Å². The second kappa shape index (κ2) is 7.26. The van der Waals surface area contributed by atoms with Crippen molar-refractivity contribution in [2.45, 2.75) is 6.92 Å². The molecule has 1 aromatic heterocycles. The minimum Gasteiger partial charge on any atom is -0.277 e. The Kier molecular flexibility index (Phi) is 4.90. The SMILES string of the molecule is Cc1ccc(-c2csc(/C(C#N)=N\Nc3ccc(Cl)cc3)n2)cc1. The van der Waals surface area contributed by atoms with E-state index in [2.05, 4.69) is 21.6 Å². The van der Waals surface area contributed by atoms with E-state index in [1.54, 1.807) is 24.3 Å². The Hall–Kier alpha value is -2.68. The Morgan fingerprint density at radius 3 is 2.54 bits per heavy atom. The topological polar surface area (TPSA) is 61.1 Å². The lowest BCUT2D eigenvalue weighted by Gasteiger charge is -2.00. The zero-order chi connectivity index (χ0) is 16.9. The number of thiazole rings is 1. The van der Waals surface area contributed by atoms with Gasteiger partial charge in [-0.3, -0.25) is 5.43 Å². The smallest absolute Gasteiger partial charge is 0.196 e. The number of halogens is 1. The molecule has 6 heteroatoms. The third-order valence-corrected chi connectivity index (χ3v) is 4.40. The van der Waals surface area contributed by atoms with Gasteiger partial charge in [0, 0.05) is 16.0 Å². The van der Waals surface area contributed by atoms with E-state index in [1.807, 2.05) is 36.6 Å². The molecule has 1 heterocycles. The Labute approximate surface area is 149 Å². The van der Waals surface area contributed by atoms with Crippen LogP contribution in [0.4, 0.5) is 5.69 Å². The van der Waals surface area contributed by atoms with E-state index in [4.69, 9.17) is 11.6 Å². The molecule has 0 atom stereocenters. The molecule has 0 aliphatic heterocycles. The van der Waals surface area contributed by atoms with Crippen molar-refractivity contribution in [3.63, 3.8) is 0 Å². The fraction of sp³-hybridized carbons (Fsp3) is 0.0556. The normalized spacial score (nSPS) is 11.1. The molecule has 0 radical (unpaired) electrons. The summed E-state index contributed by atoms with van der Waals surface area (Å²) in [6.45, 7) is 2.04. The molecule has 3 aromatic rings. The Morgan fingerprint density at radius 1 is 1.17 bits per heavy atom. The molecule has 0 bridgehead atoms. The van der Waals surface area contributed by atoms with Crippen molar-refractivity contribution in [1.82, 2.24) is 4.98 Å². The van der Waals surface area contributed by atoms with Gasteiger partial charge in [-0.05, 0) is 31.2 Å². The number of anilines is 1. The number of hydrogen-bond donors (Lipinski definition) is 1. The number of nitrogens with one attached hydrogen (secondary N) is 1. The Morgan fingerprint density at radius 2 is 1.88 bits per heavy atom. The molecular formula is C18H13ClN4S. The molecule has 0 unspecified atom stereocenters. The number of aryl methyl sites for hydroxylation is 1. The van der Waals surface area contributed by atoms with E-state index in [0.717, 1.165) is 16.9 Å². The molecule has 3 rings (SSSR count). The average Bonchev–Trinajstić information content (AvgIpc) is 3.08. The second-order valence-electron chi connectivity index (χ2n) is 5.09. The van der Waals surface area contributed by atoms with Crippen LogP contribution in [0.3, 0.4) is 0 Å². The van der Waals surface area contributed by atoms with E-state index in [1.165, 1.54) is 16.9 Å². The van der Waals surface area contributed by atoms with Gasteiger partial charge < -0.3 is 0 Å². The summed E-state index contributed by atoms with van der Waals surface area (Å²) < 4.78 is 0. The first-order valence-electron chi connectivity index (χ1n) is 7.18. The van der Waals surface area contributed by atoms with Crippen LogP contribution in [0.5, 0.6) is 0 Å². The maximum atomic E-state index is 9.34. The van der Waals surface area contributed by atoms with Gasteiger partial charge in [0.15, 0.2) is 10.7 Å². The number of benzene rings is 2. The quantitative estimate of drug-likeness (QED) is 0.524. The van der Waals surface area contributed by atoms with Gasteiger partial charge in [-0.25, -0.2) is 4.98 Å². The highest BCUT2D eigenvalue weighted by molar-refractivity contribution is 7.12. The van der Waals surface area contributed by atoms with Gasteiger partial charge >= 0.3 is 0 Å². The molecule has 0 saturated carbocycles. The van der Waals surface area contributed by atoms with Gasteiger partial charge in [-0.1, -0.05) is 41.4 Å². The summed E-state index contributed by atoms with van der Waals surface area (Å²) in [5.41, 5.74) is 6.90. The van der Waals surface area contributed by atoms with E-state index in [9.17, 15) is 5.26 Å². The predicted molar refractivity (Wildman–Crippen MR) is 99.5 cm³/mol. The summed E-state index contributed by atoms with van der Waals surface area (Å²) in [7, 11) is 0. The summed E-state index contributed by atoms with van der Waals surface area (Å²) in [6, 6.07) is 17.3. The van der Waals surface area contributed by atoms with Crippen molar-refractivity contribution in [2.24, 2.45) is 5.10 Å². The molecule has 0 spiro atoms. The van der Waals surface area contributed by atoms with Gasteiger partial charge in [0.05, 0.1) is 11.4 Å². The van der Waals surface area contributed by atoms with Crippen LogP contribution in [0.1, 0.15) is 10.6 Å². The Balaban J connectivity index is 1.81. The van der Waals surface area contributed by atoms with Crippen molar-refractivity contribution in [3.05, 3.63) is 69.5 Å². The van der Waals surface area contributed by atoms with E-state index in [-0.39, 0.29) is 5.71 Å². The van der Waals surface area contributed by atoms with Crippen molar-refractivity contribution in [3.8, 4) is 17.3 Å². The first-order valence-corrected chi connectivity index (χ1v) is 8.44. The lowest BCUT2D eigenvalue weighted by atomic mass is 10.1. The van der Waals surface area contributed by atoms with Gasteiger partial charge in [0.1, 0.15) is 6.07 Å². The molecule has 24 heavy (non-hydrogen) atoms. The fourth-order valence-electron chi connectivity index (χ4n) is 2.00. The molecule has 118 valence electrons. The molecule has 0 saturated heterocycles. The van der Waals surface area contributed by atoms with Crippen molar-refractivity contribution < 1.29 is 0 Å². The molecule has 0 fully saturated rings. The third kappa shape index (κ3) is 3.80. The fourth-order valence-corrected chi connectivity index (χ4v) is 2.90. The predicted octanol–water partition coefficient (Wildman–Crippen LogP) is 5.11. The van der Waals surface area contributed by atoms with Gasteiger partial charge in [-0.15, -0.1) is 11.3 Å². The molecule has 4 nitrogen and oxygen atoms in total. The maximum absolute atomic E-state index is 9.34. The summed E-state index contributed by atoms with van der Waals surface area (Å²) in [5.74, 6) is 0. The molecule has 2 aromatic carbocycles. The zero-order valence-corrected chi connectivity index (χ0v) is 14.4. The highest BCUT2D eigenvalue weighted by Gasteiger charge is 2.10. The Bertz CT molecular complexity index is 905. The number of hydrogen-bond acceptors (Lipinski definition) is 5. The number of hydrazone groups is 1. The van der Waals surface area contributed by atoms with Crippen LogP contribution in [-0.2, 0) is 0 Å². The summed E-state index contributed by atoms with van der Waals surface area (Å²) in [5, 5.41) is 16.6. The van der Waals surface area contributed by atoms with Crippen molar-refractivity contribution in [2.75, 3.05) is 5.43 Å². The monoisotopic (exact) mass is 352 g/mol. The highest BCUT2D eigenvalue weighted by atomic mass is 35.5. The standard InChI is InChI=1S/C18H13ClN4S/c1-12-2-4-13(5-3-12)17-11-24-18(21-17)16(10-20)23-22-15-8-6-14(19)7-9-15/h2-9,11,22H,1H3/b23-16-. The largest absolute Gasteiger partial charge is 0.277 e. The van der Waals surface area contributed by atoms with E-state index < -0.39 is 0 Å². The van der Waals surface area contributed by atoms with Crippen LogP contribution in [0, 0.1) is 18.3 Å². The van der Waals surface area contributed by atoms with E-state index in [0.29, 0.717) is 10.0 Å². The van der Waals surface area contributed by atoms with Crippen LogP contribution >= 0.6 is 22.9 Å². The molecule has 0 aliphatic carbocycles. The second-order valence-corrected chi connectivity index (χ2v) is 6.39. The van der Waals surface area contributed by atoms with E-state index >= 15 is 0 Å². The first kappa shape index (κ1) is 16.2. The van der Waals surface area contributed by atoms with Crippen LogP contribution < -0.4 is 5.43 Å². The molecule has 0 aliphatic rings. The minimum absolute atomic E-state index is 0.244. The lowest BCUT2D eigenvalue weighted by Crippen LogP contribution is -2.01. The van der Waals surface area contributed by atoms with Crippen LogP contribution in [-0.4, -0.2) is 10.7 Å². The van der Waals surface area contributed by atoms with Crippen LogP contribution in [0.2, 0.25) is 5.02 Å². The van der Waals surface area contributed by atoms with Crippen molar-refractivity contribution >= 4 is 34.3 Å². The number of nitriles is 1. The van der Waals surface area contributed by atoms with Gasteiger partial charge in [-0.2, -0.15) is 10.4 Å². The summed E-state index contributed by atoms with van der Waals surface area (Å²) in [6.07, 6.45) is 0. The third-order valence-electron chi connectivity index (χ3n) is 3.30. The molecular weight excluding hydrogens is 340 g/mol. The number of aromatic nitrogens is 1. The molecule has 0 amide bonds. The number of nitrogens with zero attached hydrogens (tertiary/aromatic N) is 3. The lowest BCUT2D eigenvalue weighted by molar-refractivity contribution is 1.31. The zero-order valence-electron chi connectivity index (χ0n) is 12.8. The van der Waals surface area contributed by atoms with Crippen LogP contribution in [0.25, 0.3) is 11.3 Å².